The van der Waals surface area contributed by atoms with E-state index in [0.29, 0.717) is 6.07 Å². The van der Waals surface area contributed by atoms with Crippen molar-refractivity contribution in [2.45, 2.75) is 12.1 Å². The summed E-state index contributed by atoms with van der Waals surface area (Å²) in [6, 6.07) is 8.46. The van der Waals surface area contributed by atoms with Crippen LogP contribution >= 0.6 is 0 Å². The third kappa shape index (κ3) is 3.06. The van der Waals surface area contributed by atoms with Gasteiger partial charge in [-0.2, -0.15) is 22.0 Å². The van der Waals surface area contributed by atoms with E-state index in [1.807, 2.05) is 0 Å². The molecule has 0 bridgehead atoms. The van der Waals surface area contributed by atoms with Crippen LogP contribution in [0.2, 0.25) is 0 Å². The highest BCUT2D eigenvalue weighted by atomic mass is 19.4. The number of hydrogen-bond acceptors (Lipinski definition) is 5. The Labute approximate surface area is 174 Å². The minimum absolute atomic E-state index is 0.0176. The average molecular weight is 449 g/mol. The van der Waals surface area contributed by atoms with Crippen molar-refractivity contribution in [1.29, 1.82) is 0 Å². The van der Waals surface area contributed by atoms with Crippen LogP contribution in [0.25, 0.3) is 39.4 Å². The van der Waals surface area contributed by atoms with Gasteiger partial charge in [0.05, 0.1) is 0 Å². The standard InChI is InChI=1S/C20H9F6N5O/c21-11-3-1-2-10(6-11)13-7-15(19(22,23)20(24,25)26)29-17-12(13)4-5-16-28-14(8-31(16)17)18-30-27-9-32-18/h1-9H. The van der Waals surface area contributed by atoms with Crippen LogP contribution in [0.1, 0.15) is 5.69 Å². The Morgan fingerprint density at radius 2 is 1.75 bits per heavy atom. The van der Waals surface area contributed by atoms with Crippen molar-refractivity contribution in [1.82, 2.24) is 24.6 Å². The number of fused-ring (bicyclic) bond motifs is 3. The molecule has 0 spiro atoms. The van der Waals surface area contributed by atoms with Gasteiger partial charge in [0.2, 0.25) is 6.39 Å². The van der Waals surface area contributed by atoms with Gasteiger partial charge in [-0.15, -0.1) is 10.2 Å². The number of aromatic nitrogens is 5. The third-order valence-corrected chi connectivity index (χ3v) is 4.79. The first-order valence-corrected chi connectivity index (χ1v) is 8.95. The lowest BCUT2D eigenvalue weighted by molar-refractivity contribution is -0.290. The fourth-order valence-corrected chi connectivity index (χ4v) is 3.32. The number of alkyl halides is 5. The van der Waals surface area contributed by atoms with Crippen LogP contribution < -0.4 is 0 Å². The van der Waals surface area contributed by atoms with Gasteiger partial charge >= 0.3 is 12.1 Å². The fraction of sp³-hybridized carbons (Fsp3) is 0.100. The number of nitrogens with zero attached hydrogens (tertiary/aromatic N) is 5. The summed E-state index contributed by atoms with van der Waals surface area (Å²) in [6.07, 6.45) is -3.51. The molecule has 0 saturated carbocycles. The zero-order valence-corrected chi connectivity index (χ0v) is 15.6. The summed E-state index contributed by atoms with van der Waals surface area (Å²) < 4.78 is 88.0. The molecular weight excluding hydrogens is 440 g/mol. The van der Waals surface area contributed by atoms with E-state index in [2.05, 4.69) is 20.2 Å². The van der Waals surface area contributed by atoms with Crippen molar-refractivity contribution in [2.24, 2.45) is 0 Å². The number of halogens is 6. The molecule has 6 nitrogen and oxygen atoms in total. The van der Waals surface area contributed by atoms with Gasteiger partial charge in [-0.3, -0.25) is 4.40 Å². The predicted molar refractivity (Wildman–Crippen MR) is 99.1 cm³/mol. The molecule has 5 rings (SSSR count). The molecular formula is C20H9F6N5O. The molecule has 0 aliphatic carbocycles. The van der Waals surface area contributed by atoms with Gasteiger partial charge in [-0.25, -0.2) is 14.4 Å². The molecule has 5 aromatic rings. The van der Waals surface area contributed by atoms with Crippen LogP contribution in [-0.2, 0) is 5.92 Å². The lowest BCUT2D eigenvalue weighted by Crippen LogP contribution is -2.34. The molecule has 0 aliphatic rings. The highest BCUT2D eigenvalue weighted by molar-refractivity contribution is 5.94. The van der Waals surface area contributed by atoms with Crippen molar-refractivity contribution < 1.29 is 30.8 Å². The van der Waals surface area contributed by atoms with Gasteiger partial charge in [0, 0.05) is 11.6 Å². The highest BCUT2D eigenvalue weighted by Gasteiger charge is 2.60. The topological polar surface area (TPSA) is 69.1 Å². The van der Waals surface area contributed by atoms with Gasteiger partial charge in [-0.05, 0) is 41.5 Å². The van der Waals surface area contributed by atoms with E-state index >= 15 is 0 Å². The fourth-order valence-electron chi connectivity index (χ4n) is 3.32. The summed E-state index contributed by atoms with van der Waals surface area (Å²) in [6.45, 7) is 0. The van der Waals surface area contributed by atoms with Crippen LogP contribution in [-0.4, -0.2) is 30.7 Å². The Morgan fingerprint density at radius 1 is 0.938 bits per heavy atom. The lowest BCUT2D eigenvalue weighted by Gasteiger charge is -2.20. The van der Waals surface area contributed by atoms with Crippen LogP contribution in [0, 0.1) is 5.82 Å². The maximum absolute atomic E-state index is 14.3. The van der Waals surface area contributed by atoms with E-state index in [0.717, 1.165) is 18.5 Å². The monoisotopic (exact) mass is 449 g/mol. The molecule has 0 unspecified atom stereocenters. The quantitative estimate of drug-likeness (QED) is 0.346. The Morgan fingerprint density at radius 3 is 2.44 bits per heavy atom. The van der Waals surface area contributed by atoms with Crippen molar-refractivity contribution in [3.8, 4) is 22.7 Å². The van der Waals surface area contributed by atoms with Crippen LogP contribution in [0.5, 0.6) is 0 Å². The maximum Gasteiger partial charge on any atom is 0.459 e. The van der Waals surface area contributed by atoms with E-state index in [1.54, 1.807) is 0 Å². The summed E-state index contributed by atoms with van der Waals surface area (Å²) in [7, 11) is 0. The Kier molecular flexibility index (Phi) is 4.23. The third-order valence-electron chi connectivity index (χ3n) is 4.79. The van der Waals surface area contributed by atoms with E-state index in [-0.39, 0.29) is 39.4 Å². The first-order chi connectivity index (χ1) is 15.1. The van der Waals surface area contributed by atoms with Crippen molar-refractivity contribution in [3.63, 3.8) is 0 Å². The van der Waals surface area contributed by atoms with Gasteiger partial charge in [0.15, 0.2) is 0 Å². The summed E-state index contributed by atoms with van der Waals surface area (Å²) in [5, 5.41) is 7.44. The highest BCUT2D eigenvalue weighted by Crippen LogP contribution is 2.45. The van der Waals surface area contributed by atoms with E-state index in [4.69, 9.17) is 4.42 Å². The molecule has 0 fully saturated rings. The van der Waals surface area contributed by atoms with Gasteiger partial charge < -0.3 is 4.42 Å². The summed E-state index contributed by atoms with van der Waals surface area (Å²) >= 11 is 0. The van der Waals surface area contributed by atoms with Crippen LogP contribution in [0.15, 0.2) is 59.5 Å². The lowest BCUT2D eigenvalue weighted by atomic mass is 10.00. The molecule has 0 aliphatic heterocycles. The molecule has 4 aromatic heterocycles. The molecule has 0 N–H and O–H groups in total. The van der Waals surface area contributed by atoms with E-state index in [9.17, 15) is 26.3 Å². The second-order valence-corrected chi connectivity index (χ2v) is 6.81. The zero-order chi connectivity index (χ0) is 22.7. The van der Waals surface area contributed by atoms with Gasteiger partial charge in [0.25, 0.3) is 5.89 Å². The molecule has 0 radical (unpaired) electrons. The molecule has 0 atom stereocenters. The van der Waals surface area contributed by atoms with Crippen molar-refractivity contribution in [2.75, 3.05) is 0 Å². The van der Waals surface area contributed by atoms with Gasteiger partial charge in [0.1, 0.15) is 28.5 Å². The maximum atomic E-state index is 14.3. The second-order valence-electron chi connectivity index (χ2n) is 6.81. The predicted octanol–water partition coefficient (Wildman–Crippen LogP) is 5.39. The van der Waals surface area contributed by atoms with Crippen molar-refractivity contribution >= 4 is 16.7 Å². The Bertz CT molecular complexity index is 1460. The number of imidazole rings is 1. The summed E-state index contributed by atoms with van der Waals surface area (Å²) in [4.78, 5) is 7.86. The Balaban J connectivity index is 1.86. The minimum Gasteiger partial charge on any atom is -0.422 e. The number of pyridine rings is 2. The van der Waals surface area contributed by atoms with Crippen LogP contribution in [0.4, 0.5) is 26.3 Å². The van der Waals surface area contributed by atoms with Crippen molar-refractivity contribution in [3.05, 3.63) is 66.6 Å². The normalized spacial score (nSPS) is 12.7. The largest absolute Gasteiger partial charge is 0.459 e. The summed E-state index contributed by atoms with van der Waals surface area (Å²) in [5.74, 6) is -5.91. The number of rotatable bonds is 3. The SMILES string of the molecule is Fc1cccc(-c2cc(C(F)(F)C(F)(F)F)nc3c2ccc2nc(-c4nnco4)cn23)c1. The Hall–Kier alpha value is -3.96. The average Bonchev–Trinajstić information content (AvgIpc) is 3.41. The van der Waals surface area contributed by atoms with E-state index in [1.165, 1.54) is 34.9 Å². The minimum atomic E-state index is -5.88. The second kappa shape index (κ2) is 6.77. The molecule has 12 heteroatoms. The summed E-state index contributed by atoms with van der Waals surface area (Å²) in [5.41, 5.74) is -1.36. The molecule has 32 heavy (non-hydrogen) atoms. The molecule has 0 amide bonds. The smallest absolute Gasteiger partial charge is 0.422 e. The van der Waals surface area contributed by atoms with Crippen LogP contribution in [0.3, 0.4) is 0 Å². The molecule has 0 saturated heterocycles. The molecule has 4 heterocycles. The number of hydrogen-bond donors (Lipinski definition) is 0. The molecule has 162 valence electrons. The van der Waals surface area contributed by atoms with E-state index < -0.39 is 23.6 Å². The zero-order valence-electron chi connectivity index (χ0n) is 15.6. The number of benzene rings is 1. The van der Waals surface area contributed by atoms with Gasteiger partial charge in [-0.1, -0.05) is 12.1 Å². The molecule has 1 aromatic carbocycles. The first kappa shape index (κ1) is 20.0. The first-order valence-electron chi connectivity index (χ1n) is 8.95.